The lowest BCUT2D eigenvalue weighted by atomic mass is 9.87. The van der Waals surface area contributed by atoms with Crippen LogP contribution in [0.4, 0.5) is 0 Å². The zero-order valence-corrected chi connectivity index (χ0v) is 21.7. The molecule has 0 aliphatic rings. The van der Waals surface area contributed by atoms with Crippen molar-refractivity contribution in [3.8, 4) is 0 Å². The van der Waals surface area contributed by atoms with E-state index in [1.165, 1.54) is 22.3 Å². The molecule has 0 fully saturated rings. The molecule has 0 spiro atoms. The maximum absolute atomic E-state index is 2.38. The second kappa shape index (κ2) is 12.9. The first kappa shape index (κ1) is 24.7. The van der Waals surface area contributed by atoms with Crippen LogP contribution in [0.25, 0.3) is 0 Å². The number of rotatable bonds is 11. The van der Waals surface area contributed by atoms with Crippen LogP contribution in [0.15, 0.2) is 121 Å². The Morgan fingerprint density at radius 1 is 0.412 bits per heavy atom. The van der Waals surface area contributed by atoms with Crippen molar-refractivity contribution in [1.82, 2.24) is 0 Å². The number of benzene rings is 4. The molecule has 0 aromatic heterocycles. The normalized spacial score (nSPS) is 13.2. The summed E-state index contributed by atoms with van der Waals surface area (Å²) in [5.41, 5.74) is 5.64. The highest BCUT2D eigenvalue weighted by atomic mass is 33.1. The molecule has 4 aromatic carbocycles. The van der Waals surface area contributed by atoms with Crippen molar-refractivity contribution in [2.75, 3.05) is 0 Å². The average molecular weight is 483 g/mol. The third-order valence-corrected chi connectivity index (χ3v) is 9.78. The fraction of sp³-hybridized carbons (Fsp3) is 0.250. The van der Waals surface area contributed by atoms with Crippen molar-refractivity contribution in [3.63, 3.8) is 0 Å². The summed E-state index contributed by atoms with van der Waals surface area (Å²) in [7, 11) is 4.10. The van der Waals surface area contributed by atoms with Crippen LogP contribution in [0.2, 0.25) is 0 Å². The predicted molar refractivity (Wildman–Crippen MR) is 153 cm³/mol. The van der Waals surface area contributed by atoms with Gasteiger partial charge in [-0.2, -0.15) is 0 Å². The van der Waals surface area contributed by atoms with Gasteiger partial charge in [0.15, 0.2) is 0 Å². The van der Waals surface area contributed by atoms with Crippen LogP contribution in [-0.4, -0.2) is 10.5 Å². The molecule has 2 atom stereocenters. The Hall–Kier alpha value is -2.42. The highest BCUT2D eigenvalue weighted by Gasteiger charge is 2.21. The molecule has 0 amide bonds. The molecule has 0 nitrogen and oxygen atoms in total. The first-order valence-electron chi connectivity index (χ1n) is 12.2. The van der Waals surface area contributed by atoms with Crippen molar-refractivity contribution in [1.29, 1.82) is 0 Å². The van der Waals surface area contributed by atoms with Gasteiger partial charge in [-0.3, -0.25) is 0 Å². The molecule has 4 aromatic rings. The van der Waals surface area contributed by atoms with Crippen LogP contribution in [0, 0.1) is 0 Å². The minimum atomic E-state index is 0.433. The van der Waals surface area contributed by atoms with Crippen LogP contribution < -0.4 is 0 Å². The summed E-state index contributed by atoms with van der Waals surface area (Å²) < 4.78 is 0. The minimum Gasteiger partial charge on any atom is -0.0907 e. The molecular formula is C32H34S2. The van der Waals surface area contributed by atoms with E-state index in [-0.39, 0.29) is 0 Å². The van der Waals surface area contributed by atoms with Crippen LogP contribution >= 0.6 is 21.6 Å². The monoisotopic (exact) mass is 482 g/mol. The Kier molecular flexibility index (Phi) is 9.35. The topological polar surface area (TPSA) is 0 Å². The van der Waals surface area contributed by atoms with Gasteiger partial charge in [-0.25, -0.2) is 0 Å². The van der Waals surface area contributed by atoms with Gasteiger partial charge < -0.3 is 0 Å². The molecule has 2 unspecified atom stereocenters. The lowest BCUT2D eigenvalue weighted by Crippen LogP contribution is -2.10. The quantitative estimate of drug-likeness (QED) is 0.195. The van der Waals surface area contributed by atoms with E-state index in [0.29, 0.717) is 22.3 Å². The van der Waals surface area contributed by atoms with Gasteiger partial charge in [0.1, 0.15) is 0 Å². The van der Waals surface area contributed by atoms with E-state index in [0.717, 1.165) is 12.8 Å². The molecule has 0 saturated heterocycles. The lowest BCUT2D eigenvalue weighted by Gasteiger charge is -2.24. The van der Waals surface area contributed by atoms with E-state index in [1.54, 1.807) is 0 Å². The van der Waals surface area contributed by atoms with E-state index in [4.69, 9.17) is 0 Å². The molecule has 4 rings (SSSR count). The Morgan fingerprint density at radius 2 is 0.647 bits per heavy atom. The molecule has 0 bridgehead atoms. The molecule has 0 saturated carbocycles. The van der Waals surface area contributed by atoms with Crippen LogP contribution in [-0.2, 0) is 0 Å². The van der Waals surface area contributed by atoms with Crippen LogP contribution in [0.1, 0.15) is 60.8 Å². The predicted octanol–water partition coefficient (Wildman–Crippen LogP) is 9.59. The van der Waals surface area contributed by atoms with Crippen molar-refractivity contribution >= 4 is 21.6 Å². The second-order valence-electron chi connectivity index (χ2n) is 9.03. The molecule has 0 aliphatic carbocycles. The molecular weight excluding hydrogens is 448 g/mol. The summed E-state index contributed by atoms with van der Waals surface area (Å²) in [6, 6.07) is 43.9. The standard InChI is InChI=1S/C32H34S2/c1-25(23-31(27-15-7-3-8-16-27)28-17-9-4-10-18-28)33-34-26(2)24-32(29-19-11-5-12-20-29)30-21-13-6-14-22-30/h3-22,25-26,31-32H,23-24H2,1-2H3. The van der Waals surface area contributed by atoms with E-state index in [1.807, 2.05) is 0 Å². The van der Waals surface area contributed by atoms with Gasteiger partial charge in [-0.05, 0) is 35.1 Å². The van der Waals surface area contributed by atoms with Crippen molar-refractivity contribution < 1.29 is 0 Å². The van der Waals surface area contributed by atoms with Crippen molar-refractivity contribution in [2.45, 2.75) is 49.0 Å². The van der Waals surface area contributed by atoms with Gasteiger partial charge in [0.05, 0.1) is 0 Å². The van der Waals surface area contributed by atoms with Gasteiger partial charge in [-0.15, -0.1) is 0 Å². The first-order valence-corrected chi connectivity index (χ1v) is 14.5. The maximum Gasteiger partial charge on any atom is 0.0132 e. The summed E-state index contributed by atoms with van der Waals surface area (Å²) in [5.74, 6) is 0.865. The summed E-state index contributed by atoms with van der Waals surface area (Å²) in [6.07, 6.45) is 2.28. The zero-order valence-electron chi connectivity index (χ0n) is 20.1. The van der Waals surface area contributed by atoms with Crippen molar-refractivity contribution in [3.05, 3.63) is 144 Å². The Labute approximate surface area is 213 Å². The van der Waals surface area contributed by atoms with E-state index < -0.39 is 0 Å². The molecule has 0 radical (unpaired) electrons. The average Bonchev–Trinajstić information content (AvgIpc) is 2.91. The van der Waals surface area contributed by atoms with Gasteiger partial charge >= 0.3 is 0 Å². The number of hydrogen-bond acceptors (Lipinski definition) is 2. The SMILES string of the molecule is CC(CC(c1ccccc1)c1ccccc1)SSC(C)CC(c1ccccc1)c1ccccc1. The van der Waals surface area contributed by atoms with Crippen LogP contribution in [0.3, 0.4) is 0 Å². The molecule has 0 aliphatic heterocycles. The van der Waals surface area contributed by atoms with E-state index in [9.17, 15) is 0 Å². The van der Waals surface area contributed by atoms with Crippen molar-refractivity contribution in [2.24, 2.45) is 0 Å². The zero-order chi connectivity index (χ0) is 23.6. The summed E-state index contributed by atoms with van der Waals surface area (Å²) in [5, 5.41) is 1.12. The summed E-state index contributed by atoms with van der Waals surface area (Å²) in [4.78, 5) is 0. The van der Waals surface area contributed by atoms with Gasteiger partial charge in [0.25, 0.3) is 0 Å². The highest BCUT2D eigenvalue weighted by Crippen LogP contribution is 2.41. The molecule has 174 valence electrons. The van der Waals surface area contributed by atoms with Crippen LogP contribution in [0.5, 0.6) is 0 Å². The Morgan fingerprint density at radius 3 is 0.882 bits per heavy atom. The minimum absolute atomic E-state index is 0.433. The molecule has 0 heterocycles. The van der Waals surface area contributed by atoms with Gasteiger partial charge in [0, 0.05) is 22.3 Å². The Bertz CT molecular complexity index is 911. The van der Waals surface area contributed by atoms with Gasteiger partial charge in [0.2, 0.25) is 0 Å². The maximum atomic E-state index is 2.38. The first-order chi connectivity index (χ1) is 16.7. The summed E-state index contributed by atoms with van der Waals surface area (Å²) in [6.45, 7) is 4.77. The third-order valence-electron chi connectivity index (χ3n) is 6.33. The van der Waals surface area contributed by atoms with Gasteiger partial charge in [-0.1, -0.05) is 157 Å². The van der Waals surface area contributed by atoms with E-state index in [2.05, 4.69) is 157 Å². The largest absolute Gasteiger partial charge is 0.0907 e. The molecule has 0 N–H and O–H groups in total. The third kappa shape index (κ3) is 7.04. The fourth-order valence-electron chi connectivity index (χ4n) is 4.60. The summed E-state index contributed by atoms with van der Waals surface area (Å²) >= 11 is 0. The smallest absolute Gasteiger partial charge is 0.0132 e. The Balaban J connectivity index is 1.40. The lowest BCUT2D eigenvalue weighted by molar-refractivity contribution is 0.709. The molecule has 34 heavy (non-hydrogen) atoms. The highest BCUT2D eigenvalue weighted by molar-refractivity contribution is 8.77. The van der Waals surface area contributed by atoms with E-state index >= 15 is 0 Å². The number of hydrogen-bond donors (Lipinski definition) is 0. The fourth-order valence-corrected chi connectivity index (χ4v) is 7.13. The molecule has 2 heteroatoms. The second-order valence-corrected chi connectivity index (χ2v) is 12.2.